The molecule has 0 aromatic heterocycles. The first-order valence-electron chi connectivity index (χ1n) is 6.40. The van der Waals surface area contributed by atoms with Crippen molar-refractivity contribution in [2.75, 3.05) is 25.1 Å². The van der Waals surface area contributed by atoms with Gasteiger partial charge in [-0.1, -0.05) is 38.1 Å². The van der Waals surface area contributed by atoms with Gasteiger partial charge in [-0.05, 0) is 24.1 Å². The predicted molar refractivity (Wildman–Crippen MR) is 74.6 cm³/mol. The van der Waals surface area contributed by atoms with E-state index < -0.39 is 9.84 Å². The van der Waals surface area contributed by atoms with Gasteiger partial charge >= 0.3 is 0 Å². The van der Waals surface area contributed by atoms with Gasteiger partial charge in [0, 0.05) is 12.6 Å². The van der Waals surface area contributed by atoms with Gasteiger partial charge in [0.2, 0.25) is 0 Å². The Labute approximate surface area is 110 Å². The highest BCUT2D eigenvalue weighted by molar-refractivity contribution is 7.91. The Morgan fingerprint density at radius 2 is 1.94 bits per heavy atom. The van der Waals surface area contributed by atoms with Crippen LogP contribution in [0.2, 0.25) is 0 Å². The molecule has 0 bridgehead atoms. The van der Waals surface area contributed by atoms with Crippen LogP contribution in [0.4, 0.5) is 0 Å². The Bertz CT molecular complexity index is 522. The lowest BCUT2D eigenvalue weighted by Gasteiger charge is -2.34. The lowest BCUT2D eigenvalue weighted by atomic mass is 9.93. The van der Waals surface area contributed by atoms with Gasteiger partial charge in [-0.3, -0.25) is 4.90 Å². The Morgan fingerprint density at radius 1 is 1.28 bits per heavy atom. The van der Waals surface area contributed by atoms with E-state index in [4.69, 9.17) is 0 Å². The van der Waals surface area contributed by atoms with Crippen molar-refractivity contribution in [1.82, 2.24) is 4.90 Å². The summed E-state index contributed by atoms with van der Waals surface area (Å²) in [4.78, 5) is 2.16. The zero-order valence-electron chi connectivity index (χ0n) is 11.3. The largest absolute Gasteiger partial charge is 0.297 e. The Kier molecular flexibility index (Phi) is 3.78. The molecular formula is C14H21NO2S. The molecular weight excluding hydrogens is 246 g/mol. The third-order valence-corrected chi connectivity index (χ3v) is 5.30. The first-order valence-corrected chi connectivity index (χ1v) is 8.22. The van der Waals surface area contributed by atoms with Crippen LogP contribution < -0.4 is 0 Å². The lowest BCUT2D eigenvalue weighted by Crippen LogP contribution is -2.40. The maximum absolute atomic E-state index is 11.8. The third-order valence-electron chi connectivity index (χ3n) is 3.68. The second-order valence-corrected chi connectivity index (χ2v) is 7.62. The van der Waals surface area contributed by atoms with E-state index in [2.05, 4.69) is 30.9 Å². The highest BCUT2D eigenvalue weighted by Gasteiger charge is 2.31. The molecule has 0 aliphatic carbocycles. The molecule has 1 aromatic carbocycles. The van der Waals surface area contributed by atoms with Crippen molar-refractivity contribution in [2.45, 2.75) is 25.8 Å². The molecule has 0 radical (unpaired) electrons. The molecule has 1 unspecified atom stereocenters. The summed E-state index contributed by atoms with van der Waals surface area (Å²) < 4.78 is 23.7. The minimum absolute atomic E-state index is 0.00218. The predicted octanol–water partition coefficient (Wildman–Crippen LogP) is 2.21. The van der Waals surface area contributed by atoms with E-state index in [0.29, 0.717) is 12.5 Å². The summed E-state index contributed by atoms with van der Waals surface area (Å²) in [6.07, 6.45) is 0. The van der Waals surface area contributed by atoms with E-state index >= 15 is 0 Å². The number of nitrogens with zero attached hydrogens (tertiary/aromatic N) is 1. The van der Waals surface area contributed by atoms with Crippen LogP contribution in [-0.2, 0) is 9.84 Å². The number of sulfone groups is 1. The fraction of sp³-hybridized carbons (Fsp3) is 0.571. The molecule has 100 valence electrons. The molecule has 1 aliphatic rings. The molecule has 18 heavy (non-hydrogen) atoms. The van der Waals surface area contributed by atoms with E-state index in [1.54, 1.807) is 0 Å². The minimum Gasteiger partial charge on any atom is -0.297 e. The van der Waals surface area contributed by atoms with Crippen molar-refractivity contribution in [3.8, 4) is 0 Å². The van der Waals surface area contributed by atoms with Gasteiger partial charge in [-0.25, -0.2) is 8.42 Å². The maximum Gasteiger partial charge on any atom is 0.153 e. The molecule has 2 rings (SSSR count). The number of rotatable bonds is 2. The minimum atomic E-state index is -2.90. The average molecular weight is 267 g/mol. The van der Waals surface area contributed by atoms with Crippen LogP contribution in [0.25, 0.3) is 0 Å². The van der Waals surface area contributed by atoms with E-state index in [1.165, 1.54) is 11.1 Å². The van der Waals surface area contributed by atoms with E-state index in [0.717, 1.165) is 0 Å². The highest BCUT2D eigenvalue weighted by atomic mass is 32.2. The summed E-state index contributed by atoms with van der Waals surface area (Å²) in [6.45, 7) is 4.92. The van der Waals surface area contributed by atoms with Crippen molar-refractivity contribution in [1.29, 1.82) is 0 Å². The van der Waals surface area contributed by atoms with Gasteiger partial charge in [0.25, 0.3) is 0 Å². The van der Waals surface area contributed by atoms with Crippen LogP contribution in [0, 0.1) is 0 Å². The molecule has 0 amide bonds. The van der Waals surface area contributed by atoms with Gasteiger partial charge in [0.15, 0.2) is 9.84 Å². The van der Waals surface area contributed by atoms with Crippen molar-refractivity contribution in [3.05, 3.63) is 35.4 Å². The SMILES string of the molecule is CC(C)c1ccccc1C1CS(=O)(=O)CCN1C. The molecule has 1 saturated heterocycles. The maximum atomic E-state index is 11.8. The first-order chi connectivity index (χ1) is 8.41. The van der Waals surface area contributed by atoms with Crippen LogP contribution in [0.5, 0.6) is 0 Å². The fourth-order valence-corrected chi connectivity index (χ4v) is 4.21. The topological polar surface area (TPSA) is 37.4 Å². The van der Waals surface area contributed by atoms with Crippen LogP contribution in [0.1, 0.15) is 36.9 Å². The third kappa shape index (κ3) is 2.75. The molecule has 1 atom stereocenters. The summed E-state index contributed by atoms with van der Waals surface area (Å²) >= 11 is 0. The van der Waals surface area contributed by atoms with Crippen LogP contribution >= 0.6 is 0 Å². The van der Waals surface area contributed by atoms with Crippen LogP contribution in [-0.4, -0.2) is 38.4 Å². The van der Waals surface area contributed by atoms with Crippen molar-refractivity contribution in [2.24, 2.45) is 0 Å². The molecule has 0 N–H and O–H groups in total. The molecule has 0 saturated carbocycles. The number of hydrogen-bond donors (Lipinski definition) is 0. The molecule has 1 heterocycles. The monoisotopic (exact) mass is 267 g/mol. The molecule has 0 spiro atoms. The number of benzene rings is 1. The molecule has 1 aliphatic heterocycles. The Morgan fingerprint density at radius 3 is 2.61 bits per heavy atom. The van der Waals surface area contributed by atoms with Gasteiger partial charge in [0.05, 0.1) is 11.5 Å². The van der Waals surface area contributed by atoms with Crippen molar-refractivity contribution in [3.63, 3.8) is 0 Å². The lowest BCUT2D eigenvalue weighted by molar-refractivity contribution is 0.265. The van der Waals surface area contributed by atoms with Crippen molar-refractivity contribution < 1.29 is 8.42 Å². The summed E-state index contributed by atoms with van der Waals surface area (Å²) in [7, 11) is -0.887. The summed E-state index contributed by atoms with van der Waals surface area (Å²) in [6, 6.07) is 8.20. The zero-order chi connectivity index (χ0) is 13.3. The van der Waals surface area contributed by atoms with Gasteiger partial charge < -0.3 is 0 Å². The first kappa shape index (κ1) is 13.6. The summed E-state index contributed by atoms with van der Waals surface area (Å²) in [5.41, 5.74) is 2.42. The zero-order valence-corrected chi connectivity index (χ0v) is 12.1. The van der Waals surface area contributed by atoms with Crippen LogP contribution in [0.15, 0.2) is 24.3 Å². The van der Waals surface area contributed by atoms with E-state index in [-0.39, 0.29) is 17.5 Å². The molecule has 1 aromatic rings. The molecule has 3 nitrogen and oxygen atoms in total. The van der Waals surface area contributed by atoms with Gasteiger partial charge in [0.1, 0.15) is 0 Å². The second kappa shape index (κ2) is 5.02. The second-order valence-electron chi connectivity index (χ2n) is 5.39. The smallest absolute Gasteiger partial charge is 0.153 e. The van der Waals surface area contributed by atoms with Gasteiger partial charge in [-0.2, -0.15) is 0 Å². The van der Waals surface area contributed by atoms with E-state index in [1.807, 2.05) is 19.2 Å². The van der Waals surface area contributed by atoms with Gasteiger partial charge in [-0.15, -0.1) is 0 Å². The summed E-state index contributed by atoms with van der Waals surface area (Å²) in [5.74, 6) is 0.941. The Balaban J connectivity index is 2.41. The van der Waals surface area contributed by atoms with Crippen LogP contribution in [0.3, 0.4) is 0 Å². The molecule has 4 heteroatoms. The summed E-state index contributed by atoms with van der Waals surface area (Å²) in [5, 5.41) is 0. The fourth-order valence-electron chi connectivity index (χ4n) is 2.56. The normalized spacial score (nSPS) is 24.3. The van der Waals surface area contributed by atoms with E-state index in [9.17, 15) is 8.42 Å². The molecule has 1 fully saturated rings. The number of hydrogen-bond acceptors (Lipinski definition) is 3. The van der Waals surface area contributed by atoms with Crippen molar-refractivity contribution >= 4 is 9.84 Å². The average Bonchev–Trinajstić information content (AvgIpc) is 2.32. The highest BCUT2D eigenvalue weighted by Crippen LogP contribution is 2.31. The Hall–Kier alpha value is -0.870. The standard InChI is InChI=1S/C14H21NO2S/c1-11(2)12-6-4-5-7-13(12)14-10-18(16,17)9-8-15(14)3/h4-7,11,14H,8-10H2,1-3H3. The quantitative estimate of drug-likeness (QED) is 0.824.